The molecule has 2 rings (SSSR count). The van der Waals surface area contributed by atoms with Gasteiger partial charge in [-0.15, -0.1) is 0 Å². The van der Waals surface area contributed by atoms with Crippen LogP contribution >= 0.6 is 0 Å². The van der Waals surface area contributed by atoms with E-state index in [1.54, 1.807) is 0 Å². The third-order valence-electron chi connectivity index (χ3n) is 4.03. The number of carbonyl (C=O) groups is 1. The molecule has 0 aromatic heterocycles. The number of nitrogens with zero attached hydrogens (tertiary/aromatic N) is 2. The molecule has 1 aromatic rings. The molecule has 26 heavy (non-hydrogen) atoms. The van der Waals surface area contributed by atoms with Crippen molar-refractivity contribution in [1.82, 2.24) is 0 Å². The molecule has 2 N–H and O–H groups in total. The van der Waals surface area contributed by atoms with Crippen molar-refractivity contribution in [1.29, 1.82) is 5.26 Å². The zero-order valence-electron chi connectivity index (χ0n) is 14.7. The number of rotatable bonds is 5. The van der Waals surface area contributed by atoms with Crippen LogP contribution in [-0.2, 0) is 9.53 Å². The summed E-state index contributed by atoms with van der Waals surface area (Å²) in [6.45, 7) is 2.80. The molecule has 0 spiro atoms. The molecular formula is C17H17N3O6. The molecule has 0 radical (unpaired) electrons. The summed E-state index contributed by atoms with van der Waals surface area (Å²) in [6, 6.07) is 4.44. The second kappa shape index (κ2) is 7.14. The van der Waals surface area contributed by atoms with Gasteiger partial charge in [0, 0.05) is 11.1 Å². The molecule has 0 unspecified atom stereocenters. The number of nitro benzene ring substituents is 1. The number of methoxy groups -OCH3 is 2. The fourth-order valence-corrected chi connectivity index (χ4v) is 2.92. The number of benzene rings is 1. The minimum absolute atomic E-state index is 0.0833. The first-order valence-corrected chi connectivity index (χ1v) is 7.46. The van der Waals surface area contributed by atoms with Gasteiger partial charge < -0.3 is 19.9 Å². The molecule has 0 saturated heterocycles. The Morgan fingerprint density at radius 1 is 1.35 bits per heavy atom. The van der Waals surface area contributed by atoms with E-state index in [0.29, 0.717) is 0 Å². The van der Waals surface area contributed by atoms with Crippen LogP contribution in [0.1, 0.15) is 25.3 Å². The quantitative estimate of drug-likeness (QED) is 0.624. The lowest BCUT2D eigenvalue weighted by molar-refractivity contribution is -0.385. The normalized spacial score (nSPS) is 16.7. The van der Waals surface area contributed by atoms with Crippen LogP contribution in [0.15, 0.2) is 34.9 Å². The molecule has 0 aliphatic carbocycles. The fourth-order valence-electron chi connectivity index (χ4n) is 2.92. The number of nitrogens with two attached hydrogens (primary N) is 1. The maximum Gasteiger partial charge on any atom is 0.277 e. The minimum Gasteiger partial charge on any atom is -0.493 e. The summed E-state index contributed by atoms with van der Waals surface area (Å²) in [6.07, 6.45) is 0. The molecule has 1 aromatic carbocycles. The Kier molecular flexibility index (Phi) is 5.16. The Morgan fingerprint density at radius 3 is 2.38 bits per heavy atom. The molecule has 136 valence electrons. The topological polar surface area (TPSA) is 138 Å². The first-order valence-electron chi connectivity index (χ1n) is 7.46. The summed E-state index contributed by atoms with van der Waals surface area (Å²) >= 11 is 0. The van der Waals surface area contributed by atoms with E-state index in [-0.39, 0.29) is 45.5 Å². The molecule has 1 aliphatic heterocycles. The molecule has 0 amide bonds. The van der Waals surface area contributed by atoms with E-state index >= 15 is 0 Å². The number of carbonyl (C=O) groups excluding carboxylic acids is 1. The largest absolute Gasteiger partial charge is 0.493 e. The SMILES string of the molecule is COc1cc([C@@H]2C(C#N)=C(N)OC(C)=C2C(C)=O)c([N+](=O)[O-])cc1OC. The summed E-state index contributed by atoms with van der Waals surface area (Å²) in [7, 11) is 2.72. The van der Waals surface area contributed by atoms with Crippen molar-refractivity contribution < 1.29 is 23.9 Å². The Hall–Kier alpha value is -3.54. The summed E-state index contributed by atoms with van der Waals surface area (Å²) in [5.74, 6) is -1.10. The van der Waals surface area contributed by atoms with Gasteiger partial charge in [-0.2, -0.15) is 5.26 Å². The summed E-state index contributed by atoms with van der Waals surface area (Å²) < 4.78 is 15.6. The van der Waals surface area contributed by atoms with Gasteiger partial charge in [-0.1, -0.05) is 0 Å². The second-order valence-electron chi connectivity index (χ2n) is 5.47. The standard InChI is InChI=1S/C17H17N3O6/c1-8(21)15-9(2)26-17(19)11(7-18)16(15)10-5-13(24-3)14(25-4)6-12(10)20(22)23/h5-6,16H,19H2,1-4H3/t16-/m1/s1. The second-order valence-corrected chi connectivity index (χ2v) is 5.47. The monoisotopic (exact) mass is 359 g/mol. The van der Waals surface area contributed by atoms with Crippen molar-refractivity contribution in [3.8, 4) is 17.6 Å². The van der Waals surface area contributed by atoms with Crippen LogP contribution in [0.4, 0.5) is 5.69 Å². The first kappa shape index (κ1) is 18.8. The van der Waals surface area contributed by atoms with E-state index in [1.165, 1.54) is 40.2 Å². The van der Waals surface area contributed by atoms with Gasteiger partial charge in [0.1, 0.15) is 17.4 Å². The number of hydrogen-bond acceptors (Lipinski definition) is 8. The van der Waals surface area contributed by atoms with Gasteiger partial charge in [0.05, 0.1) is 31.1 Å². The highest BCUT2D eigenvalue weighted by molar-refractivity contribution is 5.97. The van der Waals surface area contributed by atoms with Crippen LogP contribution in [0.5, 0.6) is 11.5 Å². The van der Waals surface area contributed by atoms with E-state index < -0.39 is 16.6 Å². The molecular weight excluding hydrogens is 342 g/mol. The third-order valence-corrected chi connectivity index (χ3v) is 4.03. The average molecular weight is 359 g/mol. The summed E-state index contributed by atoms with van der Waals surface area (Å²) in [4.78, 5) is 23.2. The van der Waals surface area contributed by atoms with Gasteiger partial charge in [-0.3, -0.25) is 14.9 Å². The smallest absolute Gasteiger partial charge is 0.277 e. The van der Waals surface area contributed by atoms with Gasteiger partial charge in [0.15, 0.2) is 17.3 Å². The van der Waals surface area contributed by atoms with Gasteiger partial charge in [0.2, 0.25) is 5.88 Å². The van der Waals surface area contributed by atoms with Gasteiger partial charge in [-0.25, -0.2) is 0 Å². The molecule has 9 heteroatoms. The van der Waals surface area contributed by atoms with Crippen molar-refractivity contribution in [2.24, 2.45) is 5.73 Å². The highest BCUT2D eigenvalue weighted by Crippen LogP contribution is 2.46. The lowest BCUT2D eigenvalue weighted by Gasteiger charge is -2.27. The Morgan fingerprint density at radius 2 is 1.92 bits per heavy atom. The molecule has 0 saturated carbocycles. The van der Waals surface area contributed by atoms with E-state index in [9.17, 15) is 20.2 Å². The van der Waals surface area contributed by atoms with E-state index in [0.717, 1.165) is 0 Å². The Bertz CT molecular complexity index is 894. The Labute approximate surface area is 149 Å². The van der Waals surface area contributed by atoms with Gasteiger partial charge in [0.25, 0.3) is 5.69 Å². The maximum absolute atomic E-state index is 12.2. The number of hydrogen-bond donors (Lipinski definition) is 1. The predicted molar refractivity (Wildman–Crippen MR) is 90.2 cm³/mol. The third kappa shape index (κ3) is 3.04. The number of ether oxygens (including phenoxy) is 3. The number of ketones is 1. The summed E-state index contributed by atoms with van der Waals surface area (Å²) in [5, 5.41) is 21.1. The van der Waals surface area contributed by atoms with E-state index in [4.69, 9.17) is 19.9 Å². The van der Waals surface area contributed by atoms with E-state index in [1.807, 2.05) is 6.07 Å². The van der Waals surface area contributed by atoms with Crippen LogP contribution < -0.4 is 15.2 Å². The molecule has 1 heterocycles. The number of nitro groups is 1. The molecule has 1 atom stereocenters. The zero-order chi connectivity index (χ0) is 19.6. The predicted octanol–water partition coefficient (Wildman–Crippen LogP) is 2.28. The fraction of sp³-hybridized carbons (Fsp3) is 0.294. The average Bonchev–Trinajstić information content (AvgIpc) is 2.59. The van der Waals surface area contributed by atoms with Crippen molar-refractivity contribution >= 4 is 11.5 Å². The maximum atomic E-state index is 12.2. The van der Waals surface area contributed by atoms with Crippen LogP contribution in [0.2, 0.25) is 0 Å². The van der Waals surface area contributed by atoms with Gasteiger partial charge >= 0.3 is 0 Å². The highest BCUT2D eigenvalue weighted by Gasteiger charge is 2.38. The van der Waals surface area contributed by atoms with Crippen LogP contribution in [-0.4, -0.2) is 24.9 Å². The van der Waals surface area contributed by atoms with Crippen molar-refractivity contribution in [3.05, 3.63) is 50.6 Å². The molecule has 9 nitrogen and oxygen atoms in total. The zero-order valence-corrected chi connectivity index (χ0v) is 14.7. The van der Waals surface area contributed by atoms with Crippen LogP contribution in [0, 0.1) is 21.4 Å². The molecule has 0 bridgehead atoms. The van der Waals surface area contributed by atoms with Gasteiger partial charge in [-0.05, 0) is 19.9 Å². The van der Waals surface area contributed by atoms with Crippen LogP contribution in [0.25, 0.3) is 0 Å². The van der Waals surface area contributed by atoms with Crippen molar-refractivity contribution in [2.75, 3.05) is 14.2 Å². The van der Waals surface area contributed by atoms with Crippen molar-refractivity contribution in [3.63, 3.8) is 0 Å². The van der Waals surface area contributed by atoms with Crippen LogP contribution in [0.3, 0.4) is 0 Å². The number of allylic oxidation sites excluding steroid dienone is 3. The number of nitriles is 1. The number of Topliss-reactive ketones (excluding diaryl/α,β-unsaturated/α-hetero) is 1. The first-order chi connectivity index (χ1) is 12.3. The van der Waals surface area contributed by atoms with E-state index in [2.05, 4.69) is 0 Å². The lowest BCUT2D eigenvalue weighted by atomic mass is 9.80. The van der Waals surface area contributed by atoms with Crippen molar-refractivity contribution in [2.45, 2.75) is 19.8 Å². The summed E-state index contributed by atoms with van der Waals surface area (Å²) in [5.41, 5.74) is 5.57. The minimum atomic E-state index is -1.05. The molecule has 0 fully saturated rings. The Balaban J connectivity index is 2.89. The lowest BCUT2D eigenvalue weighted by Crippen LogP contribution is -2.24. The highest BCUT2D eigenvalue weighted by atomic mass is 16.6. The molecule has 1 aliphatic rings.